The van der Waals surface area contributed by atoms with Gasteiger partial charge in [-0.15, -0.1) is 0 Å². The van der Waals surface area contributed by atoms with Gasteiger partial charge in [-0.05, 0) is 43.2 Å². The van der Waals surface area contributed by atoms with E-state index in [2.05, 4.69) is 5.32 Å². The molecule has 0 aromatic heterocycles. The molecule has 11 heteroatoms. The van der Waals surface area contributed by atoms with Gasteiger partial charge in [0.2, 0.25) is 5.91 Å². The summed E-state index contributed by atoms with van der Waals surface area (Å²) in [6, 6.07) is 8.85. The predicted molar refractivity (Wildman–Crippen MR) is 128 cm³/mol. The molecular formula is C23H21F3N2O4S2. The number of alkyl halides is 3. The van der Waals surface area contributed by atoms with Gasteiger partial charge in [0.15, 0.2) is 0 Å². The van der Waals surface area contributed by atoms with Crippen LogP contribution in [0.5, 0.6) is 11.5 Å². The molecule has 1 fully saturated rings. The van der Waals surface area contributed by atoms with Gasteiger partial charge in [0.1, 0.15) is 15.8 Å². The summed E-state index contributed by atoms with van der Waals surface area (Å²) in [7, 11) is 0. The first-order valence-corrected chi connectivity index (χ1v) is 11.5. The lowest BCUT2D eigenvalue weighted by Gasteiger charge is -2.14. The summed E-state index contributed by atoms with van der Waals surface area (Å²) in [5.74, 6) is -1.08. The Hall–Kier alpha value is -3.05. The summed E-state index contributed by atoms with van der Waals surface area (Å²) in [5.41, 5.74) is -0.799. The number of hydrogen-bond acceptors (Lipinski definition) is 6. The van der Waals surface area contributed by atoms with E-state index < -0.39 is 17.6 Å². The Labute approximate surface area is 203 Å². The molecule has 0 bridgehead atoms. The number of aromatic hydroxyl groups is 2. The number of hydrogen-bond donors (Lipinski definition) is 3. The molecule has 1 saturated heterocycles. The average Bonchev–Trinajstić information content (AvgIpc) is 3.02. The third-order valence-corrected chi connectivity index (χ3v) is 6.34. The normalized spacial score (nSPS) is 15.3. The van der Waals surface area contributed by atoms with Crippen molar-refractivity contribution in [2.75, 3.05) is 11.9 Å². The predicted octanol–water partition coefficient (Wildman–Crippen LogP) is 5.52. The molecule has 180 valence electrons. The van der Waals surface area contributed by atoms with Crippen LogP contribution >= 0.6 is 24.0 Å². The summed E-state index contributed by atoms with van der Waals surface area (Å²) >= 11 is 6.37. The minimum atomic E-state index is -4.56. The molecule has 0 aliphatic carbocycles. The van der Waals surface area contributed by atoms with Crippen LogP contribution < -0.4 is 5.32 Å². The zero-order valence-electron chi connectivity index (χ0n) is 17.8. The van der Waals surface area contributed by atoms with Crippen molar-refractivity contribution in [3.8, 4) is 11.5 Å². The number of unbranched alkanes of at least 4 members (excludes halogenated alkanes) is 2. The third kappa shape index (κ3) is 6.51. The van der Waals surface area contributed by atoms with Crippen molar-refractivity contribution in [1.29, 1.82) is 0 Å². The number of carbonyl (C=O) groups excluding carboxylic acids is 2. The SMILES string of the molecule is O=C(CCCCCN1C(=O)/C(=C/c2ccc(O)cc2O)SC1=S)Nc1ccccc1C(F)(F)F. The van der Waals surface area contributed by atoms with E-state index >= 15 is 0 Å². The number of thioether (sulfide) groups is 1. The van der Waals surface area contributed by atoms with Crippen LogP contribution in [-0.4, -0.2) is 37.8 Å². The Morgan fingerprint density at radius 3 is 2.56 bits per heavy atom. The molecule has 0 radical (unpaired) electrons. The Bertz CT molecular complexity index is 1140. The van der Waals surface area contributed by atoms with E-state index in [0.717, 1.165) is 17.8 Å². The van der Waals surface area contributed by atoms with E-state index in [1.807, 2.05) is 0 Å². The molecule has 1 aliphatic rings. The minimum Gasteiger partial charge on any atom is -0.508 e. The van der Waals surface area contributed by atoms with Crippen molar-refractivity contribution < 1.29 is 33.0 Å². The maximum absolute atomic E-state index is 13.0. The van der Waals surface area contributed by atoms with E-state index in [0.29, 0.717) is 40.6 Å². The lowest BCUT2D eigenvalue weighted by Crippen LogP contribution is -2.29. The summed E-state index contributed by atoms with van der Waals surface area (Å²) in [6.45, 7) is 0.335. The number of rotatable bonds is 8. The van der Waals surface area contributed by atoms with Crippen LogP contribution in [-0.2, 0) is 15.8 Å². The summed E-state index contributed by atoms with van der Waals surface area (Å²) in [6.07, 6.45) is -1.45. The number of carbonyl (C=O) groups is 2. The fraction of sp³-hybridized carbons (Fsp3) is 0.261. The summed E-state index contributed by atoms with van der Waals surface area (Å²) in [5, 5.41) is 21.6. The van der Waals surface area contributed by atoms with E-state index in [1.165, 1.54) is 47.4 Å². The highest BCUT2D eigenvalue weighted by atomic mass is 32.2. The number of phenolic OH excluding ortho intramolecular Hbond substituents is 2. The number of phenols is 2. The molecule has 3 rings (SSSR count). The van der Waals surface area contributed by atoms with Gasteiger partial charge in [-0.2, -0.15) is 13.2 Å². The molecule has 0 unspecified atom stereocenters. The molecule has 0 atom stereocenters. The molecule has 2 amide bonds. The number of para-hydroxylation sites is 1. The lowest BCUT2D eigenvalue weighted by molar-refractivity contribution is -0.137. The van der Waals surface area contributed by atoms with Crippen molar-refractivity contribution in [2.24, 2.45) is 0 Å². The quantitative estimate of drug-likeness (QED) is 0.246. The molecule has 1 heterocycles. The van der Waals surface area contributed by atoms with Crippen LogP contribution in [0.25, 0.3) is 6.08 Å². The second-order valence-electron chi connectivity index (χ2n) is 7.48. The second-order valence-corrected chi connectivity index (χ2v) is 9.15. The maximum Gasteiger partial charge on any atom is 0.418 e. The number of nitrogens with zero attached hydrogens (tertiary/aromatic N) is 1. The lowest BCUT2D eigenvalue weighted by atomic mass is 10.1. The maximum atomic E-state index is 13.0. The second kappa shape index (κ2) is 10.9. The van der Waals surface area contributed by atoms with Crippen molar-refractivity contribution >= 4 is 51.9 Å². The Morgan fingerprint density at radius 2 is 1.85 bits per heavy atom. The van der Waals surface area contributed by atoms with Crippen LogP contribution in [0.2, 0.25) is 0 Å². The van der Waals surface area contributed by atoms with Gasteiger partial charge in [0.25, 0.3) is 5.91 Å². The average molecular weight is 511 g/mol. The van der Waals surface area contributed by atoms with Crippen LogP contribution in [0.4, 0.5) is 18.9 Å². The zero-order chi connectivity index (χ0) is 24.9. The van der Waals surface area contributed by atoms with Crippen LogP contribution in [0.1, 0.15) is 36.8 Å². The highest BCUT2D eigenvalue weighted by molar-refractivity contribution is 8.26. The van der Waals surface area contributed by atoms with E-state index in [1.54, 1.807) is 0 Å². The highest BCUT2D eigenvalue weighted by Gasteiger charge is 2.34. The third-order valence-electron chi connectivity index (χ3n) is 4.97. The Kier molecular flexibility index (Phi) is 8.21. The van der Waals surface area contributed by atoms with Crippen molar-refractivity contribution in [3.63, 3.8) is 0 Å². The van der Waals surface area contributed by atoms with Gasteiger partial charge < -0.3 is 15.5 Å². The number of halogens is 3. The van der Waals surface area contributed by atoms with Gasteiger partial charge in [-0.25, -0.2) is 0 Å². The van der Waals surface area contributed by atoms with Crippen LogP contribution in [0, 0.1) is 0 Å². The number of amides is 2. The van der Waals surface area contributed by atoms with Gasteiger partial charge in [0, 0.05) is 24.6 Å². The topological polar surface area (TPSA) is 89.9 Å². The smallest absolute Gasteiger partial charge is 0.418 e. The Balaban J connectivity index is 1.46. The standard InChI is InChI=1S/C23H21F3N2O4S2/c24-23(25,26)16-6-3-4-7-17(16)27-20(31)8-2-1-5-11-28-21(32)19(34-22(28)33)12-14-9-10-15(29)13-18(14)30/h3-4,6-7,9-10,12-13,29-30H,1-2,5,8,11H2,(H,27,31)/b19-12-. The monoisotopic (exact) mass is 510 g/mol. The molecule has 3 N–H and O–H groups in total. The molecule has 0 spiro atoms. The summed E-state index contributed by atoms with van der Waals surface area (Å²) in [4.78, 5) is 26.5. The van der Waals surface area contributed by atoms with Gasteiger partial charge in [-0.1, -0.05) is 42.5 Å². The summed E-state index contributed by atoms with van der Waals surface area (Å²) < 4.78 is 39.4. The first-order valence-electron chi connectivity index (χ1n) is 10.3. The van der Waals surface area contributed by atoms with Gasteiger partial charge in [0.05, 0.1) is 16.2 Å². The number of benzene rings is 2. The highest BCUT2D eigenvalue weighted by Crippen LogP contribution is 2.36. The Morgan fingerprint density at radius 1 is 1.12 bits per heavy atom. The number of anilines is 1. The molecule has 6 nitrogen and oxygen atoms in total. The van der Waals surface area contributed by atoms with Crippen molar-refractivity contribution in [1.82, 2.24) is 4.90 Å². The van der Waals surface area contributed by atoms with E-state index in [-0.39, 0.29) is 29.5 Å². The largest absolute Gasteiger partial charge is 0.508 e. The first-order chi connectivity index (χ1) is 16.1. The molecule has 34 heavy (non-hydrogen) atoms. The molecule has 2 aromatic rings. The first kappa shape index (κ1) is 25.6. The number of nitrogens with one attached hydrogen (secondary N) is 1. The number of thiocarbonyl (C=S) groups is 1. The van der Waals surface area contributed by atoms with Crippen molar-refractivity contribution in [3.05, 3.63) is 58.5 Å². The fourth-order valence-electron chi connectivity index (χ4n) is 3.27. The van der Waals surface area contributed by atoms with Crippen LogP contribution in [0.3, 0.4) is 0 Å². The van der Waals surface area contributed by atoms with Crippen LogP contribution in [0.15, 0.2) is 47.4 Å². The molecule has 2 aromatic carbocycles. The van der Waals surface area contributed by atoms with Gasteiger partial charge in [-0.3, -0.25) is 14.5 Å². The van der Waals surface area contributed by atoms with Gasteiger partial charge >= 0.3 is 6.18 Å². The molecule has 0 saturated carbocycles. The zero-order valence-corrected chi connectivity index (χ0v) is 19.4. The molecular weight excluding hydrogens is 489 g/mol. The van der Waals surface area contributed by atoms with E-state index in [4.69, 9.17) is 12.2 Å². The fourth-order valence-corrected chi connectivity index (χ4v) is 4.57. The van der Waals surface area contributed by atoms with E-state index in [9.17, 15) is 33.0 Å². The minimum absolute atomic E-state index is 0.0462. The van der Waals surface area contributed by atoms with Crippen molar-refractivity contribution in [2.45, 2.75) is 31.9 Å². The molecule has 1 aliphatic heterocycles.